The Morgan fingerprint density at radius 3 is 2.68 bits per heavy atom. The minimum atomic E-state index is -0.340. The number of pyridine rings is 1. The van der Waals surface area contributed by atoms with Crippen molar-refractivity contribution in [2.45, 2.75) is 24.7 Å². The first-order valence-corrected chi connectivity index (χ1v) is 9.51. The van der Waals surface area contributed by atoms with Gasteiger partial charge in [0.25, 0.3) is 5.91 Å². The van der Waals surface area contributed by atoms with Crippen LogP contribution in [0.4, 0.5) is 0 Å². The molecule has 0 spiro atoms. The molecule has 1 aliphatic rings. The van der Waals surface area contributed by atoms with E-state index in [0.717, 1.165) is 20.9 Å². The van der Waals surface area contributed by atoms with Gasteiger partial charge in [-0.2, -0.15) is 0 Å². The molecule has 0 unspecified atom stereocenters. The zero-order valence-electron chi connectivity index (χ0n) is 15.2. The summed E-state index contributed by atoms with van der Waals surface area (Å²) in [5, 5.41) is 0.253. The van der Waals surface area contributed by atoms with E-state index >= 15 is 0 Å². The van der Waals surface area contributed by atoms with Gasteiger partial charge in [0, 0.05) is 22.5 Å². The van der Waals surface area contributed by atoms with E-state index in [4.69, 9.17) is 16.3 Å². The van der Waals surface area contributed by atoms with Crippen molar-refractivity contribution >= 4 is 52.4 Å². The molecule has 0 bridgehead atoms. The van der Waals surface area contributed by atoms with Gasteiger partial charge in [0.2, 0.25) is 0 Å². The molecule has 0 atom stereocenters. The molecular weight excluding hydrogens is 352 g/mol. The molecule has 1 aliphatic heterocycles. The molecule has 2 aromatic heterocycles. The third kappa shape index (κ3) is 3.66. The summed E-state index contributed by atoms with van der Waals surface area (Å²) in [7, 11) is 6.06. The second-order valence-corrected chi connectivity index (χ2v) is 9.14. The summed E-state index contributed by atoms with van der Waals surface area (Å²) >= 11 is 7.64. The maximum atomic E-state index is 12.9. The first kappa shape index (κ1) is 18.6. The van der Waals surface area contributed by atoms with Crippen LogP contribution in [0.3, 0.4) is 0 Å². The maximum Gasteiger partial charge on any atom is 0.255 e. The smallest absolute Gasteiger partial charge is 0.255 e. The first-order chi connectivity index (χ1) is 11.6. The predicted molar refractivity (Wildman–Crippen MR) is 111 cm³/mol. The fourth-order valence-electron chi connectivity index (χ4n) is 3.05. The predicted octanol–water partition coefficient (Wildman–Crippen LogP) is 0.682. The number of ether oxygens (including phenoxy) is 1. The quantitative estimate of drug-likeness (QED) is 0.573. The Kier molecular flexibility index (Phi) is 4.82. The number of amides is 1. The van der Waals surface area contributed by atoms with Crippen LogP contribution >= 0.6 is 22.9 Å². The highest BCUT2D eigenvalue weighted by Gasteiger charge is 2.44. The van der Waals surface area contributed by atoms with Crippen molar-refractivity contribution < 1.29 is 9.53 Å². The van der Waals surface area contributed by atoms with E-state index in [1.807, 2.05) is 46.6 Å². The Hall–Kier alpha value is -1.24. The molecule has 0 N–H and O–H groups in total. The van der Waals surface area contributed by atoms with Gasteiger partial charge in [0.15, 0.2) is 0 Å². The molecule has 0 fully saturated rings. The molecule has 128 valence electrons. The Morgan fingerprint density at radius 1 is 1.36 bits per heavy atom. The Balaban J connectivity index is 1.84. The maximum absolute atomic E-state index is 12.9. The topological polar surface area (TPSA) is 42.4 Å². The van der Waals surface area contributed by atoms with Gasteiger partial charge in [-0.3, -0.25) is 4.79 Å². The largest absolute Gasteiger partial charge is 0.399 e. The van der Waals surface area contributed by atoms with E-state index < -0.39 is 0 Å². The van der Waals surface area contributed by atoms with Gasteiger partial charge in [0.05, 0.1) is 17.7 Å². The number of aromatic nitrogens is 1. The van der Waals surface area contributed by atoms with Crippen molar-refractivity contribution in [3.63, 3.8) is 0 Å². The van der Waals surface area contributed by atoms with E-state index in [9.17, 15) is 4.79 Å². The summed E-state index contributed by atoms with van der Waals surface area (Å²) in [5.74, 6) is 0.0696. The van der Waals surface area contributed by atoms with Gasteiger partial charge < -0.3 is 9.64 Å². The van der Waals surface area contributed by atoms with E-state index in [0.29, 0.717) is 18.3 Å². The molecular formula is C16H20B3ClN2O2S. The van der Waals surface area contributed by atoms with Crippen LogP contribution in [-0.4, -0.2) is 57.8 Å². The second kappa shape index (κ2) is 6.49. The fraction of sp³-hybridized carbons (Fsp3) is 0.375. The van der Waals surface area contributed by atoms with Gasteiger partial charge in [0.1, 0.15) is 28.7 Å². The first-order valence-electron chi connectivity index (χ1n) is 8.32. The molecule has 4 nitrogen and oxygen atoms in total. The standard InChI is InChI=1S/C16H20B3ClN2O2S/c1-15(2)13-10(14(23)22(15)5-6-24-16(17,18)19)8-11(25-13)9-3-4-21-12(20)7-9/h3-4,7-8H,5-6,17-19H2,1-2H3. The van der Waals surface area contributed by atoms with Crippen molar-refractivity contribution in [2.24, 2.45) is 0 Å². The molecule has 9 heteroatoms. The molecule has 2 aromatic rings. The van der Waals surface area contributed by atoms with Crippen molar-refractivity contribution in [2.75, 3.05) is 13.2 Å². The van der Waals surface area contributed by atoms with Crippen LogP contribution in [0.25, 0.3) is 10.4 Å². The van der Waals surface area contributed by atoms with E-state index in [1.165, 1.54) is 0 Å². The number of carbonyl (C=O) groups is 1. The third-order valence-corrected chi connectivity index (χ3v) is 6.00. The lowest BCUT2D eigenvalue weighted by Gasteiger charge is -2.33. The number of halogens is 1. The lowest BCUT2D eigenvalue weighted by molar-refractivity contribution is 0.0445. The van der Waals surface area contributed by atoms with Crippen molar-refractivity contribution in [1.29, 1.82) is 0 Å². The average Bonchev–Trinajstić information content (AvgIpc) is 3.01. The van der Waals surface area contributed by atoms with Crippen molar-refractivity contribution in [3.8, 4) is 10.4 Å². The van der Waals surface area contributed by atoms with Gasteiger partial charge >= 0.3 is 0 Å². The van der Waals surface area contributed by atoms with E-state index in [2.05, 4.69) is 18.8 Å². The number of hydrogen-bond acceptors (Lipinski definition) is 4. The molecule has 3 heterocycles. The summed E-state index contributed by atoms with van der Waals surface area (Å²) in [6.07, 6.45) is 1.69. The monoisotopic (exact) mass is 372 g/mol. The van der Waals surface area contributed by atoms with Crippen molar-refractivity contribution in [3.05, 3.63) is 40.0 Å². The summed E-state index contributed by atoms with van der Waals surface area (Å²) < 4.78 is 5.80. The van der Waals surface area contributed by atoms with Gasteiger partial charge in [-0.15, -0.1) is 11.3 Å². The van der Waals surface area contributed by atoms with E-state index in [-0.39, 0.29) is 16.7 Å². The molecule has 0 saturated carbocycles. The highest BCUT2D eigenvalue weighted by Crippen LogP contribution is 2.46. The minimum Gasteiger partial charge on any atom is -0.399 e. The van der Waals surface area contributed by atoms with Gasteiger partial charge in [-0.1, -0.05) is 11.6 Å². The molecule has 1 amide bonds. The summed E-state index contributed by atoms with van der Waals surface area (Å²) in [5.41, 5.74) is 1.44. The number of fused-ring (bicyclic) bond motifs is 1. The van der Waals surface area contributed by atoms with Crippen LogP contribution < -0.4 is 0 Å². The molecule has 0 aliphatic carbocycles. The summed E-state index contributed by atoms with van der Waals surface area (Å²) in [6, 6.07) is 5.72. The molecule has 0 saturated heterocycles. The van der Waals surface area contributed by atoms with Gasteiger partial charge in [-0.05, 0) is 42.9 Å². The van der Waals surface area contributed by atoms with Crippen LogP contribution in [0.5, 0.6) is 0 Å². The lowest BCUT2D eigenvalue weighted by atomic mass is 9.52. The summed E-state index contributed by atoms with van der Waals surface area (Å²) in [6.45, 7) is 5.29. The minimum absolute atomic E-state index is 0.0696. The Bertz CT molecular complexity index is 820. The summed E-state index contributed by atoms with van der Waals surface area (Å²) in [4.78, 5) is 21.0. The average molecular weight is 372 g/mol. The number of nitrogens with zero attached hydrogens (tertiary/aromatic N) is 2. The number of hydrogen-bond donors (Lipinski definition) is 0. The third-order valence-electron chi connectivity index (χ3n) is 4.30. The number of carbonyl (C=O) groups excluding carboxylic acids is 1. The lowest BCUT2D eigenvalue weighted by Crippen LogP contribution is -2.43. The fourth-order valence-corrected chi connectivity index (χ4v) is 4.48. The van der Waals surface area contributed by atoms with Crippen molar-refractivity contribution in [1.82, 2.24) is 9.88 Å². The van der Waals surface area contributed by atoms with Crippen LogP contribution in [0.2, 0.25) is 5.15 Å². The van der Waals surface area contributed by atoms with Gasteiger partial charge in [-0.25, -0.2) is 4.98 Å². The SMILES string of the molecule is BC(B)(B)OCCN1C(=O)c2cc(-c3ccnc(Cl)c3)sc2C1(C)C. The Morgan fingerprint density at radius 2 is 2.08 bits per heavy atom. The van der Waals surface area contributed by atoms with Crippen LogP contribution in [0, 0.1) is 0 Å². The molecule has 3 rings (SSSR count). The number of thiophene rings is 1. The van der Waals surface area contributed by atoms with Crippen LogP contribution in [0.1, 0.15) is 29.1 Å². The van der Waals surface area contributed by atoms with Crippen LogP contribution in [-0.2, 0) is 10.3 Å². The van der Waals surface area contributed by atoms with Crippen LogP contribution in [0.15, 0.2) is 24.4 Å². The zero-order chi connectivity index (χ0) is 18.4. The molecule has 25 heavy (non-hydrogen) atoms. The Labute approximate surface area is 160 Å². The molecule has 0 radical (unpaired) electrons. The number of rotatable bonds is 5. The highest BCUT2D eigenvalue weighted by atomic mass is 35.5. The zero-order valence-corrected chi connectivity index (χ0v) is 16.8. The second-order valence-electron chi connectivity index (χ2n) is 7.70. The molecule has 0 aromatic carbocycles. The normalized spacial score (nSPS) is 16.3. The highest BCUT2D eigenvalue weighted by molar-refractivity contribution is 7.16. The van der Waals surface area contributed by atoms with E-state index in [1.54, 1.807) is 17.5 Å².